The van der Waals surface area contributed by atoms with Gasteiger partial charge in [-0.3, -0.25) is 0 Å². The van der Waals surface area contributed by atoms with Crippen LogP contribution in [0.4, 0.5) is 13.2 Å². The molecule has 0 amide bonds. The highest BCUT2D eigenvalue weighted by molar-refractivity contribution is 5.89. The molecule has 0 saturated heterocycles. The molecule has 0 fully saturated rings. The van der Waals surface area contributed by atoms with E-state index in [1.807, 2.05) is 0 Å². The SMILES string of the molecule is C=C(C(=O)OC(C)C)C(F)C(F)F. The summed E-state index contributed by atoms with van der Waals surface area (Å²) in [6, 6.07) is 0. The van der Waals surface area contributed by atoms with E-state index >= 15 is 0 Å². The van der Waals surface area contributed by atoms with Crippen LogP contribution in [0.1, 0.15) is 13.8 Å². The molecule has 0 N–H and O–H groups in total. The summed E-state index contributed by atoms with van der Waals surface area (Å²) in [5.41, 5.74) is -0.844. The molecule has 0 aromatic carbocycles. The number of hydrogen-bond acceptors (Lipinski definition) is 2. The lowest BCUT2D eigenvalue weighted by Crippen LogP contribution is -2.24. The first-order chi connectivity index (χ1) is 5.86. The number of alkyl halides is 3. The van der Waals surface area contributed by atoms with Crippen molar-refractivity contribution < 1.29 is 22.7 Å². The van der Waals surface area contributed by atoms with Gasteiger partial charge in [-0.15, -0.1) is 0 Å². The Hall–Kier alpha value is -1.00. The molecule has 2 nitrogen and oxygen atoms in total. The number of carbonyl (C=O) groups excluding carboxylic acids is 1. The van der Waals surface area contributed by atoms with E-state index in [2.05, 4.69) is 11.3 Å². The number of hydrogen-bond donors (Lipinski definition) is 0. The molecule has 1 unspecified atom stereocenters. The summed E-state index contributed by atoms with van der Waals surface area (Å²) in [7, 11) is 0. The third-order valence-electron chi connectivity index (χ3n) is 1.16. The molecule has 0 aliphatic rings. The minimum atomic E-state index is -3.24. The molecule has 0 heterocycles. The summed E-state index contributed by atoms with van der Waals surface area (Å²) in [5.74, 6) is -1.12. The van der Waals surface area contributed by atoms with Crippen molar-refractivity contribution >= 4 is 5.97 Å². The van der Waals surface area contributed by atoms with Gasteiger partial charge in [0, 0.05) is 0 Å². The molecule has 0 saturated carbocycles. The standard InChI is InChI=1S/C8H11F3O2/c1-4(2)13-8(12)5(3)6(9)7(10)11/h4,6-7H,3H2,1-2H3. The highest BCUT2D eigenvalue weighted by Gasteiger charge is 2.28. The smallest absolute Gasteiger partial charge is 0.336 e. The maximum atomic E-state index is 12.5. The fourth-order valence-corrected chi connectivity index (χ4v) is 0.554. The molecule has 1 atom stereocenters. The van der Waals surface area contributed by atoms with Crippen molar-refractivity contribution in [1.82, 2.24) is 0 Å². The summed E-state index contributed by atoms with van der Waals surface area (Å²) >= 11 is 0. The van der Waals surface area contributed by atoms with Crippen LogP contribution in [-0.2, 0) is 9.53 Å². The minimum absolute atomic E-state index is 0.478. The molecule has 13 heavy (non-hydrogen) atoms. The molecule has 0 bridgehead atoms. The Bertz CT molecular complexity index is 202. The van der Waals surface area contributed by atoms with Crippen LogP contribution in [0, 0.1) is 0 Å². The second-order valence-corrected chi connectivity index (χ2v) is 2.72. The molecule has 76 valence electrons. The number of halogens is 3. The normalized spacial score (nSPS) is 13.2. The van der Waals surface area contributed by atoms with E-state index < -0.39 is 30.2 Å². The Morgan fingerprint density at radius 3 is 2.08 bits per heavy atom. The molecule has 0 aromatic heterocycles. The third-order valence-corrected chi connectivity index (χ3v) is 1.16. The van der Waals surface area contributed by atoms with Gasteiger partial charge in [0.25, 0.3) is 6.43 Å². The average molecular weight is 196 g/mol. The van der Waals surface area contributed by atoms with Gasteiger partial charge in [0.05, 0.1) is 11.7 Å². The average Bonchev–Trinajstić information content (AvgIpc) is 2.00. The largest absolute Gasteiger partial charge is 0.460 e. The van der Waals surface area contributed by atoms with Gasteiger partial charge in [0.15, 0.2) is 6.17 Å². The number of rotatable bonds is 4. The van der Waals surface area contributed by atoms with Gasteiger partial charge >= 0.3 is 5.97 Å². The molecule has 5 heteroatoms. The highest BCUT2D eigenvalue weighted by atomic mass is 19.3. The summed E-state index contributed by atoms with van der Waals surface area (Å²) in [5, 5.41) is 0. The maximum absolute atomic E-state index is 12.5. The van der Waals surface area contributed by atoms with Gasteiger partial charge in [-0.05, 0) is 13.8 Å². The second-order valence-electron chi connectivity index (χ2n) is 2.72. The van der Waals surface area contributed by atoms with Crippen molar-refractivity contribution in [2.75, 3.05) is 0 Å². The molecule has 0 aromatic rings. The van der Waals surface area contributed by atoms with Crippen molar-refractivity contribution in [3.05, 3.63) is 12.2 Å². The predicted octanol–water partition coefficient (Wildman–Crippen LogP) is 2.10. The van der Waals surface area contributed by atoms with Crippen LogP contribution in [0.25, 0.3) is 0 Å². The highest BCUT2D eigenvalue weighted by Crippen LogP contribution is 2.15. The Kier molecular flexibility index (Phi) is 4.51. The van der Waals surface area contributed by atoms with Gasteiger partial charge in [0.2, 0.25) is 0 Å². The fraction of sp³-hybridized carbons (Fsp3) is 0.625. The Morgan fingerprint density at radius 2 is 1.77 bits per heavy atom. The van der Waals surface area contributed by atoms with Gasteiger partial charge in [-0.1, -0.05) is 6.58 Å². The van der Waals surface area contributed by atoms with E-state index in [0.717, 1.165) is 0 Å². The summed E-state index contributed by atoms with van der Waals surface area (Å²) in [6.45, 7) is 5.96. The zero-order chi connectivity index (χ0) is 10.6. The monoisotopic (exact) mass is 196 g/mol. The van der Waals surface area contributed by atoms with Crippen LogP contribution < -0.4 is 0 Å². The molecule has 0 spiro atoms. The summed E-state index contributed by atoms with van der Waals surface area (Å²) in [4.78, 5) is 10.8. The lowest BCUT2D eigenvalue weighted by Gasteiger charge is -2.12. The van der Waals surface area contributed by atoms with E-state index in [1.54, 1.807) is 0 Å². The molecule has 0 aliphatic carbocycles. The lowest BCUT2D eigenvalue weighted by atomic mass is 10.2. The maximum Gasteiger partial charge on any atom is 0.336 e. The number of esters is 1. The predicted molar refractivity (Wildman–Crippen MR) is 41.3 cm³/mol. The minimum Gasteiger partial charge on any atom is -0.460 e. The van der Waals surface area contributed by atoms with Crippen molar-refractivity contribution in [1.29, 1.82) is 0 Å². The van der Waals surface area contributed by atoms with Crippen molar-refractivity contribution in [2.24, 2.45) is 0 Å². The summed E-state index contributed by atoms with van der Waals surface area (Å²) in [6.07, 6.45) is -6.37. The van der Waals surface area contributed by atoms with E-state index in [1.165, 1.54) is 13.8 Å². The van der Waals surface area contributed by atoms with Gasteiger partial charge in [-0.2, -0.15) is 0 Å². The van der Waals surface area contributed by atoms with E-state index in [9.17, 15) is 18.0 Å². The summed E-state index contributed by atoms with van der Waals surface area (Å²) < 4.78 is 40.4. The van der Waals surface area contributed by atoms with E-state index in [0.29, 0.717) is 0 Å². The van der Waals surface area contributed by atoms with Crippen molar-refractivity contribution in [3.63, 3.8) is 0 Å². The first-order valence-electron chi connectivity index (χ1n) is 3.68. The van der Waals surface area contributed by atoms with E-state index in [4.69, 9.17) is 0 Å². The molecule has 0 aliphatic heterocycles. The lowest BCUT2D eigenvalue weighted by molar-refractivity contribution is -0.144. The van der Waals surface area contributed by atoms with Crippen LogP contribution in [-0.4, -0.2) is 24.7 Å². The Morgan fingerprint density at radius 1 is 1.31 bits per heavy atom. The topological polar surface area (TPSA) is 26.3 Å². The zero-order valence-corrected chi connectivity index (χ0v) is 7.39. The second kappa shape index (κ2) is 4.89. The molecule has 0 rings (SSSR count). The van der Waals surface area contributed by atoms with Crippen LogP contribution >= 0.6 is 0 Å². The van der Waals surface area contributed by atoms with Crippen molar-refractivity contribution in [2.45, 2.75) is 32.5 Å². The van der Waals surface area contributed by atoms with Crippen LogP contribution in [0.15, 0.2) is 12.2 Å². The third kappa shape index (κ3) is 3.96. The molecule has 0 radical (unpaired) electrons. The fourth-order valence-electron chi connectivity index (χ4n) is 0.554. The number of ether oxygens (including phenoxy) is 1. The number of carbonyl (C=O) groups is 1. The first kappa shape index (κ1) is 12.0. The first-order valence-corrected chi connectivity index (χ1v) is 3.68. The van der Waals surface area contributed by atoms with Gasteiger partial charge in [0.1, 0.15) is 0 Å². The molecular weight excluding hydrogens is 185 g/mol. The van der Waals surface area contributed by atoms with Crippen LogP contribution in [0.2, 0.25) is 0 Å². The quantitative estimate of drug-likeness (QED) is 0.508. The zero-order valence-electron chi connectivity index (χ0n) is 7.39. The van der Waals surface area contributed by atoms with E-state index in [-0.39, 0.29) is 0 Å². The Balaban J connectivity index is 4.18. The van der Waals surface area contributed by atoms with Gasteiger partial charge < -0.3 is 4.74 Å². The van der Waals surface area contributed by atoms with Crippen LogP contribution in [0.5, 0.6) is 0 Å². The molecular formula is C8H11F3O2. The van der Waals surface area contributed by atoms with Crippen LogP contribution in [0.3, 0.4) is 0 Å². The van der Waals surface area contributed by atoms with Gasteiger partial charge in [-0.25, -0.2) is 18.0 Å². The van der Waals surface area contributed by atoms with Crippen molar-refractivity contribution in [3.8, 4) is 0 Å². The Labute approximate surface area is 74.4 Å².